The van der Waals surface area contributed by atoms with E-state index in [1.54, 1.807) is 30.3 Å². The fourth-order valence-electron chi connectivity index (χ4n) is 1.78. The molecule has 20 heavy (non-hydrogen) atoms. The van der Waals surface area contributed by atoms with E-state index < -0.39 is 0 Å². The topological polar surface area (TPSA) is 64.9 Å². The Morgan fingerprint density at radius 3 is 2.70 bits per heavy atom. The van der Waals surface area contributed by atoms with Gasteiger partial charge in [0.15, 0.2) is 0 Å². The van der Waals surface area contributed by atoms with Crippen molar-refractivity contribution in [3.63, 3.8) is 0 Å². The molecule has 0 atom stereocenters. The number of halogens is 2. The average Bonchev–Trinajstić information content (AvgIpc) is 2.91. The molecule has 1 heterocycles. The molecule has 0 radical (unpaired) electrons. The predicted octanol–water partition coefficient (Wildman–Crippen LogP) is 4.29. The summed E-state index contributed by atoms with van der Waals surface area (Å²) < 4.78 is 5.24. The van der Waals surface area contributed by atoms with Crippen LogP contribution in [0.5, 0.6) is 0 Å². The minimum atomic E-state index is 0.317. The quantitative estimate of drug-likeness (QED) is 0.717. The second-order valence-electron chi connectivity index (χ2n) is 4.17. The molecule has 0 aliphatic heterocycles. The van der Waals surface area contributed by atoms with E-state index in [2.05, 4.69) is 10.1 Å². The van der Waals surface area contributed by atoms with E-state index in [4.69, 9.17) is 33.5 Å². The third-order valence-corrected chi connectivity index (χ3v) is 3.29. The zero-order valence-electron chi connectivity index (χ0n) is 10.2. The van der Waals surface area contributed by atoms with Crippen molar-refractivity contribution < 1.29 is 4.52 Å². The van der Waals surface area contributed by atoms with E-state index in [1.807, 2.05) is 12.1 Å². The summed E-state index contributed by atoms with van der Waals surface area (Å²) in [5.41, 5.74) is 7.69. The van der Waals surface area contributed by atoms with Crippen LogP contribution in [0.1, 0.15) is 0 Å². The van der Waals surface area contributed by atoms with E-state index in [-0.39, 0.29) is 0 Å². The molecule has 1 aromatic heterocycles. The second kappa shape index (κ2) is 5.15. The van der Waals surface area contributed by atoms with Crippen LogP contribution in [-0.4, -0.2) is 10.1 Å². The van der Waals surface area contributed by atoms with Crippen LogP contribution < -0.4 is 5.73 Å². The third kappa shape index (κ3) is 2.48. The SMILES string of the molecule is Nc1ccc(Cl)c(-c2nc(-c3cccc(Cl)c3)no2)c1. The number of hydrogen-bond donors (Lipinski definition) is 1. The Hall–Kier alpha value is -2.04. The van der Waals surface area contributed by atoms with Gasteiger partial charge in [0.1, 0.15) is 0 Å². The molecule has 0 saturated carbocycles. The van der Waals surface area contributed by atoms with Crippen LogP contribution in [0.15, 0.2) is 47.0 Å². The molecule has 100 valence electrons. The van der Waals surface area contributed by atoms with Crippen molar-refractivity contribution in [2.75, 3.05) is 5.73 Å². The smallest absolute Gasteiger partial charge is 0.259 e. The highest BCUT2D eigenvalue weighted by atomic mass is 35.5. The molecule has 3 aromatic rings. The van der Waals surface area contributed by atoms with Crippen molar-refractivity contribution in [3.05, 3.63) is 52.5 Å². The van der Waals surface area contributed by atoms with Crippen molar-refractivity contribution in [2.45, 2.75) is 0 Å². The van der Waals surface area contributed by atoms with Gasteiger partial charge in [0, 0.05) is 16.3 Å². The number of nitrogens with two attached hydrogens (primary N) is 1. The highest BCUT2D eigenvalue weighted by Crippen LogP contribution is 2.30. The van der Waals surface area contributed by atoms with Gasteiger partial charge in [0.2, 0.25) is 5.82 Å². The van der Waals surface area contributed by atoms with Crippen LogP contribution >= 0.6 is 23.2 Å². The summed E-state index contributed by atoms with van der Waals surface area (Å²) >= 11 is 12.0. The molecule has 0 fully saturated rings. The number of benzene rings is 2. The Balaban J connectivity index is 2.04. The van der Waals surface area contributed by atoms with Crippen molar-refractivity contribution in [3.8, 4) is 22.8 Å². The van der Waals surface area contributed by atoms with Gasteiger partial charge in [-0.3, -0.25) is 0 Å². The lowest BCUT2D eigenvalue weighted by Crippen LogP contribution is -1.87. The fraction of sp³-hybridized carbons (Fsp3) is 0. The highest BCUT2D eigenvalue weighted by Gasteiger charge is 2.14. The molecule has 0 bridgehead atoms. The van der Waals surface area contributed by atoms with Gasteiger partial charge in [-0.25, -0.2) is 0 Å². The van der Waals surface area contributed by atoms with Crippen molar-refractivity contribution in [2.24, 2.45) is 0 Å². The first-order chi connectivity index (χ1) is 9.63. The first kappa shape index (κ1) is 13.0. The van der Waals surface area contributed by atoms with Gasteiger partial charge in [-0.2, -0.15) is 4.98 Å². The van der Waals surface area contributed by atoms with E-state index in [0.29, 0.717) is 33.0 Å². The summed E-state index contributed by atoms with van der Waals surface area (Å²) in [5.74, 6) is 0.762. The second-order valence-corrected chi connectivity index (χ2v) is 5.02. The molecule has 2 aromatic carbocycles. The van der Waals surface area contributed by atoms with Gasteiger partial charge in [-0.1, -0.05) is 40.5 Å². The Kier molecular flexibility index (Phi) is 3.34. The van der Waals surface area contributed by atoms with Gasteiger partial charge in [0.05, 0.1) is 10.6 Å². The number of nitrogens with zero attached hydrogens (tertiary/aromatic N) is 2. The van der Waals surface area contributed by atoms with Crippen LogP contribution in [-0.2, 0) is 0 Å². The lowest BCUT2D eigenvalue weighted by Gasteiger charge is -1.99. The molecule has 0 amide bonds. The molecule has 0 aliphatic rings. The number of hydrogen-bond acceptors (Lipinski definition) is 4. The van der Waals surface area contributed by atoms with Gasteiger partial charge < -0.3 is 10.3 Å². The summed E-state index contributed by atoms with van der Waals surface area (Å²) in [6, 6.07) is 12.3. The highest BCUT2D eigenvalue weighted by molar-refractivity contribution is 6.33. The Morgan fingerprint density at radius 2 is 1.90 bits per heavy atom. The Labute approximate surface area is 125 Å². The normalized spacial score (nSPS) is 10.7. The molecule has 0 saturated heterocycles. The summed E-state index contributed by atoms with van der Waals surface area (Å²) in [6.07, 6.45) is 0. The summed E-state index contributed by atoms with van der Waals surface area (Å²) in [4.78, 5) is 4.32. The number of aromatic nitrogens is 2. The lowest BCUT2D eigenvalue weighted by molar-refractivity contribution is 0.432. The van der Waals surface area contributed by atoms with Crippen LogP contribution in [0.2, 0.25) is 10.0 Å². The molecule has 6 heteroatoms. The number of anilines is 1. The van der Waals surface area contributed by atoms with E-state index in [0.717, 1.165) is 5.56 Å². The first-order valence-electron chi connectivity index (χ1n) is 5.78. The standard InChI is InChI=1S/C14H9Cl2N3O/c15-9-3-1-2-8(6-9)13-18-14(20-19-13)11-7-10(17)4-5-12(11)16/h1-7H,17H2. The van der Waals surface area contributed by atoms with E-state index in [1.165, 1.54) is 0 Å². The lowest BCUT2D eigenvalue weighted by atomic mass is 10.2. The maximum atomic E-state index is 6.11. The van der Waals surface area contributed by atoms with Gasteiger partial charge in [0.25, 0.3) is 5.89 Å². The minimum Gasteiger partial charge on any atom is -0.399 e. The molecule has 0 unspecified atom stereocenters. The summed E-state index contributed by atoms with van der Waals surface area (Å²) in [7, 11) is 0. The average molecular weight is 306 g/mol. The van der Waals surface area contributed by atoms with E-state index in [9.17, 15) is 0 Å². The minimum absolute atomic E-state index is 0.317. The molecule has 3 rings (SSSR count). The van der Waals surface area contributed by atoms with Crippen LogP contribution in [0.3, 0.4) is 0 Å². The Morgan fingerprint density at radius 1 is 1.05 bits per heavy atom. The molecular weight excluding hydrogens is 297 g/mol. The molecule has 4 nitrogen and oxygen atoms in total. The van der Waals surface area contributed by atoms with Crippen LogP contribution in [0.4, 0.5) is 5.69 Å². The number of rotatable bonds is 2. The molecule has 0 aliphatic carbocycles. The van der Waals surface area contributed by atoms with Crippen LogP contribution in [0.25, 0.3) is 22.8 Å². The van der Waals surface area contributed by atoms with Crippen LogP contribution in [0, 0.1) is 0 Å². The van der Waals surface area contributed by atoms with Crippen molar-refractivity contribution in [1.29, 1.82) is 0 Å². The van der Waals surface area contributed by atoms with E-state index >= 15 is 0 Å². The van der Waals surface area contributed by atoms with Crippen molar-refractivity contribution in [1.82, 2.24) is 10.1 Å². The predicted molar refractivity (Wildman–Crippen MR) is 79.6 cm³/mol. The fourth-order valence-corrected chi connectivity index (χ4v) is 2.17. The summed E-state index contributed by atoms with van der Waals surface area (Å²) in [6.45, 7) is 0. The summed E-state index contributed by atoms with van der Waals surface area (Å²) in [5, 5.41) is 5.04. The maximum absolute atomic E-state index is 6.11. The monoisotopic (exact) mass is 305 g/mol. The van der Waals surface area contributed by atoms with Gasteiger partial charge >= 0.3 is 0 Å². The maximum Gasteiger partial charge on any atom is 0.259 e. The van der Waals surface area contributed by atoms with Gasteiger partial charge in [-0.05, 0) is 30.3 Å². The molecule has 0 spiro atoms. The molecular formula is C14H9Cl2N3O. The largest absolute Gasteiger partial charge is 0.399 e. The third-order valence-electron chi connectivity index (χ3n) is 2.73. The van der Waals surface area contributed by atoms with Crippen molar-refractivity contribution >= 4 is 28.9 Å². The number of nitrogen functional groups attached to an aromatic ring is 1. The Bertz CT molecular complexity index is 771. The first-order valence-corrected chi connectivity index (χ1v) is 6.54. The molecule has 2 N–H and O–H groups in total. The van der Waals surface area contributed by atoms with Gasteiger partial charge in [-0.15, -0.1) is 0 Å². The zero-order valence-corrected chi connectivity index (χ0v) is 11.7. The zero-order chi connectivity index (χ0) is 14.1.